The van der Waals surface area contributed by atoms with Gasteiger partial charge in [0.1, 0.15) is 10.1 Å². The molecule has 0 N–H and O–H groups in total. The lowest BCUT2D eigenvalue weighted by atomic mass is 10.2. The maximum Gasteiger partial charge on any atom is 0.266 e. The van der Waals surface area contributed by atoms with Gasteiger partial charge in [-0.25, -0.2) is 0 Å². The molecule has 7 heteroatoms. The van der Waals surface area contributed by atoms with Gasteiger partial charge in [-0.05, 0) is 30.2 Å². The summed E-state index contributed by atoms with van der Waals surface area (Å²) in [6, 6.07) is 7.35. The Morgan fingerprint density at radius 3 is 2.70 bits per heavy atom. The van der Waals surface area contributed by atoms with E-state index in [1.54, 1.807) is 6.08 Å². The highest BCUT2D eigenvalue weighted by atomic mass is 32.2. The third-order valence-electron chi connectivity index (χ3n) is 3.11. The van der Waals surface area contributed by atoms with Crippen LogP contribution in [-0.2, 0) is 9.59 Å². The van der Waals surface area contributed by atoms with Gasteiger partial charge in [-0.3, -0.25) is 9.69 Å². The molecule has 1 aromatic rings. The summed E-state index contributed by atoms with van der Waals surface area (Å²) in [5.74, 6) is -0.969. The topological polar surface area (TPSA) is 69.7 Å². The van der Waals surface area contributed by atoms with E-state index in [0.717, 1.165) is 40.8 Å². The zero-order valence-electron chi connectivity index (χ0n) is 12.6. The second-order valence-electron chi connectivity index (χ2n) is 4.91. The molecular weight excluding hydrogens is 334 g/mol. The Hall–Kier alpha value is -1.86. The number of thiocarbonyl (C=S) groups is 1. The minimum absolute atomic E-state index is 0.227. The Morgan fingerprint density at radius 1 is 1.39 bits per heavy atom. The molecule has 1 saturated heterocycles. The van der Waals surface area contributed by atoms with Gasteiger partial charge in [0.25, 0.3) is 5.91 Å². The van der Waals surface area contributed by atoms with Gasteiger partial charge in [0, 0.05) is 0 Å². The monoisotopic (exact) mass is 350 g/mol. The smallest absolute Gasteiger partial charge is 0.266 e. The number of nitrogens with zero attached hydrogens (tertiary/aromatic N) is 1. The van der Waals surface area contributed by atoms with Gasteiger partial charge in [0.15, 0.2) is 0 Å². The summed E-state index contributed by atoms with van der Waals surface area (Å²) >= 11 is 6.11. The van der Waals surface area contributed by atoms with Crippen molar-refractivity contribution in [1.82, 2.24) is 4.90 Å². The molecule has 0 bridgehead atoms. The Kier molecular flexibility index (Phi) is 6.18. The van der Waals surface area contributed by atoms with Crippen molar-refractivity contribution in [2.45, 2.75) is 19.8 Å². The Balaban J connectivity index is 2.05. The first kappa shape index (κ1) is 17.5. The number of carboxylic acid groups (broad SMARTS) is 1. The second-order valence-corrected chi connectivity index (χ2v) is 6.59. The van der Waals surface area contributed by atoms with Crippen LogP contribution in [0.4, 0.5) is 0 Å². The van der Waals surface area contributed by atoms with Crippen molar-refractivity contribution < 1.29 is 19.4 Å². The molecule has 1 heterocycles. The number of carbonyl (C=O) groups excluding carboxylic acids is 2. The third kappa shape index (κ3) is 4.80. The molecular formula is C16H16NO4S2-. The molecule has 1 aromatic carbocycles. The van der Waals surface area contributed by atoms with Gasteiger partial charge in [0.2, 0.25) is 0 Å². The van der Waals surface area contributed by atoms with Crippen LogP contribution in [0.1, 0.15) is 25.3 Å². The first-order chi connectivity index (χ1) is 11.0. The number of amides is 1. The van der Waals surface area contributed by atoms with Crippen LogP contribution in [0.15, 0.2) is 29.2 Å². The largest absolute Gasteiger partial charge is 0.548 e. The van der Waals surface area contributed by atoms with Crippen LogP contribution in [0.25, 0.3) is 6.08 Å². The van der Waals surface area contributed by atoms with Crippen LogP contribution in [0, 0.1) is 0 Å². The molecule has 0 spiro atoms. The van der Waals surface area contributed by atoms with Crippen molar-refractivity contribution in [3.8, 4) is 5.75 Å². The van der Waals surface area contributed by atoms with E-state index in [2.05, 4.69) is 6.92 Å². The van der Waals surface area contributed by atoms with E-state index in [9.17, 15) is 14.7 Å². The number of thioether (sulfide) groups is 1. The van der Waals surface area contributed by atoms with E-state index in [0.29, 0.717) is 11.5 Å². The van der Waals surface area contributed by atoms with Crippen molar-refractivity contribution >= 4 is 46.3 Å². The van der Waals surface area contributed by atoms with Gasteiger partial charge >= 0.3 is 0 Å². The molecule has 122 valence electrons. The van der Waals surface area contributed by atoms with E-state index in [1.165, 1.54) is 0 Å². The Morgan fingerprint density at radius 2 is 2.09 bits per heavy atom. The molecule has 0 unspecified atom stereocenters. The first-order valence-electron chi connectivity index (χ1n) is 7.19. The molecule has 0 saturated carbocycles. The van der Waals surface area contributed by atoms with Crippen LogP contribution < -0.4 is 9.84 Å². The van der Waals surface area contributed by atoms with Crippen LogP contribution in [-0.4, -0.2) is 34.2 Å². The molecule has 1 fully saturated rings. The molecule has 1 amide bonds. The van der Waals surface area contributed by atoms with Crippen molar-refractivity contribution in [3.63, 3.8) is 0 Å². The highest BCUT2D eigenvalue weighted by molar-refractivity contribution is 8.26. The molecule has 2 rings (SSSR count). The minimum atomic E-state index is -1.34. The lowest BCUT2D eigenvalue weighted by molar-refractivity contribution is -0.305. The van der Waals surface area contributed by atoms with Gasteiger partial charge in [-0.2, -0.15) is 0 Å². The summed E-state index contributed by atoms with van der Waals surface area (Å²) in [6.45, 7) is 2.26. The lowest BCUT2D eigenvalue weighted by Crippen LogP contribution is -2.40. The Labute approximate surface area is 144 Å². The normalized spacial score (nSPS) is 16.2. The molecule has 23 heavy (non-hydrogen) atoms. The number of rotatable bonds is 7. The lowest BCUT2D eigenvalue weighted by Gasteiger charge is -2.14. The fourth-order valence-corrected chi connectivity index (χ4v) is 3.17. The molecule has 1 aliphatic rings. The average molecular weight is 350 g/mol. The summed E-state index contributed by atoms with van der Waals surface area (Å²) < 4.78 is 5.80. The number of hydrogen-bond acceptors (Lipinski definition) is 6. The number of ether oxygens (including phenoxy) is 1. The van der Waals surface area contributed by atoms with Gasteiger partial charge < -0.3 is 14.6 Å². The Bertz CT molecular complexity index is 640. The van der Waals surface area contributed by atoms with Crippen molar-refractivity contribution in [1.29, 1.82) is 0 Å². The van der Waals surface area contributed by atoms with E-state index in [4.69, 9.17) is 17.0 Å². The van der Waals surface area contributed by atoms with Gasteiger partial charge in [-0.15, -0.1) is 0 Å². The van der Waals surface area contributed by atoms with Crippen molar-refractivity contribution in [2.24, 2.45) is 0 Å². The predicted molar refractivity (Wildman–Crippen MR) is 91.7 cm³/mol. The zero-order valence-corrected chi connectivity index (χ0v) is 14.2. The third-order valence-corrected chi connectivity index (χ3v) is 4.48. The second kappa shape index (κ2) is 8.12. The quantitative estimate of drug-likeness (QED) is 0.424. The van der Waals surface area contributed by atoms with Crippen LogP contribution in [0.5, 0.6) is 5.75 Å². The van der Waals surface area contributed by atoms with E-state index < -0.39 is 18.4 Å². The molecule has 0 radical (unpaired) electrons. The van der Waals surface area contributed by atoms with Crippen LogP contribution >= 0.6 is 24.0 Å². The van der Waals surface area contributed by atoms with Crippen molar-refractivity contribution in [2.75, 3.05) is 13.2 Å². The average Bonchev–Trinajstić information content (AvgIpc) is 2.76. The molecule has 1 aliphatic heterocycles. The number of carbonyl (C=O) groups is 2. The van der Waals surface area contributed by atoms with Gasteiger partial charge in [0.05, 0.1) is 24.0 Å². The number of carboxylic acids is 1. The van der Waals surface area contributed by atoms with Gasteiger partial charge in [-0.1, -0.05) is 49.5 Å². The zero-order chi connectivity index (χ0) is 16.8. The fourth-order valence-electron chi connectivity index (χ4n) is 1.91. The number of unbranched alkanes of at least 4 members (excludes halogenated alkanes) is 1. The van der Waals surface area contributed by atoms with Crippen LogP contribution in [0.3, 0.4) is 0 Å². The molecule has 0 atom stereocenters. The van der Waals surface area contributed by atoms with E-state index >= 15 is 0 Å². The van der Waals surface area contributed by atoms with Crippen LogP contribution in [0.2, 0.25) is 0 Å². The summed E-state index contributed by atoms with van der Waals surface area (Å²) in [5.41, 5.74) is 0.821. The number of aliphatic carboxylic acids is 1. The summed E-state index contributed by atoms with van der Waals surface area (Å²) in [5, 5.41) is 10.6. The molecule has 0 aromatic heterocycles. The van der Waals surface area contributed by atoms with E-state index in [1.807, 2.05) is 24.3 Å². The highest BCUT2D eigenvalue weighted by Crippen LogP contribution is 2.32. The van der Waals surface area contributed by atoms with Crippen molar-refractivity contribution in [3.05, 3.63) is 34.7 Å². The SMILES string of the molecule is CCCCOc1ccc(/C=C2\SC(=S)N(CC(=O)[O-])C2=O)cc1. The number of benzene rings is 1. The minimum Gasteiger partial charge on any atom is -0.548 e. The molecule has 5 nitrogen and oxygen atoms in total. The maximum atomic E-state index is 12.1. The highest BCUT2D eigenvalue weighted by Gasteiger charge is 2.31. The summed E-state index contributed by atoms with van der Waals surface area (Å²) in [6.07, 6.45) is 3.76. The molecule has 0 aliphatic carbocycles. The summed E-state index contributed by atoms with van der Waals surface area (Å²) in [4.78, 5) is 24.2. The standard InChI is InChI=1S/C16H17NO4S2/c1-2-3-8-21-12-6-4-11(5-7-12)9-13-15(20)17(10-14(18)19)16(22)23-13/h4-7,9H,2-3,8,10H2,1H3,(H,18,19)/p-1/b13-9-. The predicted octanol–water partition coefficient (Wildman–Crippen LogP) is 1.82. The number of hydrogen-bond donors (Lipinski definition) is 0. The first-order valence-corrected chi connectivity index (χ1v) is 8.42. The summed E-state index contributed by atoms with van der Waals surface area (Å²) in [7, 11) is 0. The fraction of sp³-hybridized carbons (Fsp3) is 0.312. The maximum absolute atomic E-state index is 12.1. The van der Waals surface area contributed by atoms with E-state index in [-0.39, 0.29) is 4.32 Å².